The molecule has 0 radical (unpaired) electrons. The molecular weight excluding hydrogens is 335 g/mol. The first-order valence-corrected chi connectivity index (χ1v) is 8.32. The second-order valence-corrected chi connectivity index (χ2v) is 7.24. The molecule has 1 aliphatic rings. The number of ether oxygens (including phenoxy) is 2. The van der Waals surface area contributed by atoms with Crippen LogP contribution in [0, 0.1) is 5.92 Å². The zero-order valence-corrected chi connectivity index (χ0v) is 14.7. The number of amides is 1. The maximum Gasteiger partial charge on any atom is 0.416 e. The van der Waals surface area contributed by atoms with E-state index in [0.717, 1.165) is 25.0 Å². The Hall–Kier alpha value is -1.92. The number of nitrogens with zero attached hydrogens (tertiary/aromatic N) is 1. The normalized spacial score (nSPS) is 16.6. The van der Waals surface area contributed by atoms with Gasteiger partial charge in [-0.05, 0) is 63.8 Å². The minimum atomic E-state index is -4.34. The van der Waals surface area contributed by atoms with Gasteiger partial charge in [0.15, 0.2) is 0 Å². The molecule has 1 heterocycles. The molecule has 2 rings (SSSR count). The molecule has 0 saturated carbocycles. The van der Waals surface area contributed by atoms with Gasteiger partial charge in [0.05, 0.1) is 12.2 Å². The summed E-state index contributed by atoms with van der Waals surface area (Å²) in [5.74, 6) is 0.684. The van der Waals surface area contributed by atoms with Crippen molar-refractivity contribution in [2.75, 3.05) is 19.7 Å². The van der Waals surface area contributed by atoms with E-state index in [0.29, 0.717) is 25.4 Å². The number of hydrogen-bond acceptors (Lipinski definition) is 3. The molecule has 140 valence electrons. The van der Waals surface area contributed by atoms with Crippen LogP contribution in [0.3, 0.4) is 0 Å². The first kappa shape index (κ1) is 19.4. The summed E-state index contributed by atoms with van der Waals surface area (Å²) >= 11 is 0. The van der Waals surface area contributed by atoms with E-state index in [4.69, 9.17) is 9.47 Å². The SMILES string of the molecule is CC(C)(C)OC(=O)N1CCC(COc2ccc(C(F)(F)F)cc2)CC1. The fraction of sp³-hybridized carbons (Fsp3) is 0.611. The lowest BCUT2D eigenvalue weighted by Crippen LogP contribution is -2.42. The molecule has 0 aromatic heterocycles. The molecular formula is C18H24F3NO3. The van der Waals surface area contributed by atoms with Crippen molar-refractivity contribution in [2.24, 2.45) is 5.92 Å². The van der Waals surface area contributed by atoms with Gasteiger partial charge in [-0.2, -0.15) is 13.2 Å². The van der Waals surface area contributed by atoms with E-state index in [9.17, 15) is 18.0 Å². The van der Waals surface area contributed by atoms with Crippen molar-refractivity contribution < 1.29 is 27.4 Å². The number of carbonyl (C=O) groups excluding carboxylic acids is 1. The molecule has 1 saturated heterocycles. The van der Waals surface area contributed by atoms with E-state index in [-0.39, 0.29) is 12.0 Å². The Morgan fingerprint density at radius 2 is 1.68 bits per heavy atom. The second-order valence-electron chi connectivity index (χ2n) is 7.24. The van der Waals surface area contributed by atoms with Crippen LogP contribution >= 0.6 is 0 Å². The summed E-state index contributed by atoms with van der Waals surface area (Å²) < 4.78 is 48.5. The van der Waals surface area contributed by atoms with Crippen LogP contribution in [0.1, 0.15) is 39.2 Å². The highest BCUT2D eigenvalue weighted by Gasteiger charge is 2.30. The molecule has 1 aromatic rings. The first-order chi connectivity index (χ1) is 11.5. The molecule has 1 aliphatic heterocycles. The highest BCUT2D eigenvalue weighted by molar-refractivity contribution is 5.68. The van der Waals surface area contributed by atoms with Crippen LogP contribution in [0.15, 0.2) is 24.3 Å². The summed E-state index contributed by atoms with van der Waals surface area (Å²) in [6, 6.07) is 4.69. The third-order valence-electron chi connectivity index (χ3n) is 3.93. The Balaban J connectivity index is 1.76. The monoisotopic (exact) mass is 359 g/mol. The molecule has 0 spiro atoms. The molecule has 1 aromatic carbocycles. The number of carbonyl (C=O) groups is 1. The number of rotatable bonds is 3. The van der Waals surface area contributed by atoms with E-state index < -0.39 is 17.3 Å². The van der Waals surface area contributed by atoms with Crippen LogP contribution in [0.2, 0.25) is 0 Å². The zero-order valence-electron chi connectivity index (χ0n) is 14.7. The maximum absolute atomic E-state index is 12.5. The first-order valence-electron chi connectivity index (χ1n) is 8.32. The minimum absolute atomic E-state index is 0.265. The second kappa shape index (κ2) is 7.54. The lowest BCUT2D eigenvalue weighted by atomic mass is 9.98. The highest BCUT2D eigenvalue weighted by Crippen LogP contribution is 2.30. The standard InChI is InChI=1S/C18H24F3NO3/c1-17(2,3)25-16(23)22-10-8-13(9-11-22)12-24-15-6-4-14(5-7-15)18(19,20)21/h4-7,13H,8-12H2,1-3H3. The Morgan fingerprint density at radius 1 is 1.12 bits per heavy atom. The molecule has 1 amide bonds. The Kier molecular flexibility index (Phi) is 5.85. The largest absolute Gasteiger partial charge is 0.493 e. The average molecular weight is 359 g/mol. The molecule has 7 heteroatoms. The summed E-state index contributed by atoms with van der Waals surface area (Å²) in [4.78, 5) is 13.7. The van der Waals surface area contributed by atoms with Crippen molar-refractivity contribution in [3.63, 3.8) is 0 Å². The molecule has 4 nitrogen and oxygen atoms in total. The van der Waals surface area contributed by atoms with Crippen molar-refractivity contribution in [2.45, 2.75) is 45.4 Å². The topological polar surface area (TPSA) is 38.8 Å². The van der Waals surface area contributed by atoms with Crippen molar-refractivity contribution in [1.29, 1.82) is 0 Å². The van der Waals surface area contributed by atoms with Gasteiger partial charge in [0, 0.05) is 13.1 Å². The Bertz CT molecular complexity index is 571. The van der Waals surface area contributed by atoms with Crippen molar-refractivity contribution >= 4 is 6.09 Å². The van der Waals surface area contributed by atoms with Gasteiger partial charge in [-0.3, -0.25) is 0 Å². The van der Waals surface area contributed by atoms with Crippen LogP contribution < -0.4 is 4.74 Å². The molecule has 0 unspecified atom stereocenters. The third-order valence-corrected chi connectivity index (χ3v) is 3.93. The van der Waals surface area contributed by atoms with Gasteiger partial charge in [-0.25, -0.2) is 4.79 Å². The average Bonchev–Trinajstić information content (AvgIpc) is 2.51. The summed E-state index contributed by atoms with van der Waals surface area (Å²) in [5.41, 5.74) is -1.20. The summed E-state index contributed by atoms with van der Waals surface area (Å²) in [7, 11) is 0. The molecule has 0 atom stereocenters. The third kappa shape index (κ3) is 6.14. The van der Waals surface area contributed by atoms with Gasteiger partial charge in [-0.15, -0.1) is 0 Å². The van der Waals surface area contributed by atoms with Gasteiger partial charge in [0.2, 0.25) is 0 Å². The van der Waals surface area contributed by atoms with Crippen molar-refractivity contribution in [3.8, 4) is 5.75 Å². The highest BCUT2D eigenvalue weighted by atomic mass is 19.4. The Morgan fingerprint density at radius 3 is 2.16 bits per heavy atom. The van der Waals surface area contributed by atoms with Crippen LogP contribution in [0.4, 0.5) is 18.0 Å². The van der Waals surface area contributed by atoms with Crippen LogP contribution in [-0.2, 0) is 10.9 Å². The number of alkyl halides is 3. The van der Waals surface area contributed by atoms with E-state index >= 15 is 0 Å². The predicted molar refractivity (Wildman–Crippen MR) is 87.5 cm³/mol. The van der Waals surface area contributed by atoms with Gasteiger partial charge in [-0.1, -0.05) is 0 Å². The molecule has 25 heavy (non-hydrogen) atoms. The van der Waals surface area contributed by atoms with Crippen LogP contribution in [0.5, 0.6) is 5.75 Å². The number of benzene rings is 1. The Labute approximate surface area is 145 Å². The quantitative estimate of drug-likeness (QED) is 0.783. The summed E-state index contributed by atoms with van der Waals surface area (Å²) in [6.45, 7) is 7.10. The van der Waals surface area contributed by atoms with Gasteiger partial charge < -0.3 is 14.4 Å². The fourth-order valence-corrected chi connectivity index (χ4v) is 2.56. The van der Waals surface area contributed by atoms with Crippen LogP contribution in [-0.4, -0.2) is 36.3 Å². The lowest BCUT2D eigenvalue weighted by Gasteiger charge is -2.33. The summed E-state index contributed by atoms with van der Waals surface area (Å²) in [5, 5.41) is 0. The lowest BCUT2D eigenvalue weighted by molar-refractivity contribution is -0.137. The number of piperidine rings is 1. The van der Waals surface area contributed by atoms with E-state index in [1.165, 1.54) is 12.1 Å². The molecule has 0 bridgehead atoms. The van der Waals surface area contributed by atoms with Gasteiger partial charge in [0.25, 0.3) is 0 Å². The van der Waals surface area contributed by atoms with Crippen molar-refractivity contribution in [3.05, 3.63) is 29.8 Å². The number of hydrogen-bond donors (Lipinski definition) is 0. The van der Waals surface area contributed by atoms with Gasteiger partial charge in [0.1, 0.15) is 11.4 Å². The smallest absolute Gasteiger partial charge is 0.416 e. The van der Waals surface area contributed by atoms with Crippen LogP contribution in [0.25, 0.3) is 0 Å². The molecule has 1 fully saturated rings. The van der Waals surface area contributed by atoms with E-state index in [1.54, 1.807) is 4.90 Å². The maximum atomic E-state index is 12.5. The molecule has 0 N–H and O–H groups in total. The zero-order chi connectivity index (χ0) is 18.7. The van der Waals surface area contributed by atoms with E-state index in [2.05, 4.69) is 0 Å². The van der Waals surface area contributed by atoms with Crippen molar-refractivity contribution in [1.82, 2.24) is 4.90 Å². The number of likely N-dealkylation sites (tertiary alicyclic amines) is 1. The number of halogens is 3. The molecule has 0 aliphatic carbocycles. The predicted octanol–water partition coefficient (Wildman–Crippen LogP) is 4.73. The minimum Gasteiger partial charge on any atom is -0.493 e. The summed E-state index contributed by atoms with van der Waals surface area (Å²) in [6.07, 6.45) is -3.10. The van der Waals surface area contributed by atoms with E-state index in [1.807, 2.05) is 20.8 Å². The van der Waals surface area contributed by atoms with Gasteiger partial charge >= 0.3 is 12.3 Å². The fourth-order valence-electron chi connectivity index (χ4n) is 2.56.